The highest BCUT2D eigenvalue weighted by Crippen LogP contribution is 2.14. The van der Waals surface area contributed by atoms with Crippen molar-refractivity contribution < 1.29 is 22.5 Å². The first kappa shape index (κ1) is 16.2. The summed E-state index contributed by atoms with van der Waals surface area (Å²) in [7, 11) is -3.67. The van der Waals surface area contributed by atoms with E-state index in [1.165, 1.54) is 0 Å². The fraction of sp³-hybridized carbons (Fsp3) is 0.900. The van der Waals surface area contributed by atoms with Crippen LogP contribution in [0.4, 0.5) is 4.79 Å². The van der Waals surface area contributed by atoms with Crippen molar-refractivity contribution in [2.24, 2.45) is 0 Å². The van der Waals surface area contributed by atoms with Gasteiger partial charge in [0.1, 0.15) is 5.60 Å². The molecule has 0 aromatic rings. The Morgan fingerprint density at radius 1 is 1.24 bits per heavy atom. The van der Waals surface area contributed by atoms with E-state index < -0.39 is 10.1 Å². The van der Waals surface area contributed by atoms with Gasteiger partial charge >= 0.3 is 6.09 Å². The molecule has 0 bridgehead atoms. The number of amides is 1. The second kappa shape index (κ2) is 6.20. The largest absolute Gasteiger partial charge is 0.444 e. The minimum absolute atomic E-state index is 0.167. The Hall–Kier alpha value is -0.820. The molecular weight excluding hydrogens is 246 g/mol. The monoisotopic (exact) mass is 267 g/mol. The van der Waals surface area contributed by atoms with Crippen molar-refractivity contribution in [1.82, 2.24) is 4.90 Å². The molecule has 6 nitrogen and oxygen atoms in total. The molecule has 0 unspecified atom stereocenters. The molecule has 102 valence electrons. The van der Waals surface area contributed by atoms with E-state index >= 15 is 0 Å². The summed E-state index contributed by atoms with van der Waals surface area (Å²) in [4.78, 5) is 13.1. The van der Waals surface area contributed by atoms with Crippen LogP contribution in [-0.2, 0) is 14.9 Å². The maximum Gasteiger partial charge on any atom is 0.410 e. The molecule has 0 aliphatic carbocycles. The van der Waals surface area contributed by atoms with Gasteiger partial charge in [0, 0.05) is 13.1 Å². The van der Waals surface area contributed by atoms with E-state index in [0.717, 1.165) is 25.9 Å². The zero-order valence-corrected chi connectivity index (χ0v) is 11.6. The van der Waals surface area contributed by atoms with Crippen molar-refractivity contribution in [3.05, 3.63) is 0 Å². The van der Waals surface area contributed by atoms with Crippen LogP contribution in [-0.4, -0.2) is 48.9 Å². The van der Waals surface area contributed by atoms with Crippen molar-refractivity contribution >= 4 is 16.2 Å². The lowest BCUT2D eigenvalue weighted by atomic mass is 10.2. The molecule has 0 aromatic carbocycles. The van der Waals surface area contributed by atoms with Crippen molar-refractivity contribution in [2.45, 2.75) is 39.2 Å². The molecule has 0 saturated carbocycles. The lowest BCUT2D eigenvalue weighted by Crippen LogP contribution is -2.34. The Balaban J connectivity index is 0.000000437. The van der Waals surface area contributed by atoms with Crippen LogP contribution in [0.15, 0.2) is 0 Å². The highest BCUT2D eigenvalue weighted by atomic mass is 32.2. The quantitative estimate of drug-likeness (QED) is 0.673. The highest BCUT2D eigenvalue weighted by Gasteiger charge is 2.23. The van der Waals surface area contributed by atoms with E-state index in [0.29, 0.717) is 6.26 Å². The minimum atomic E-state index is -3.67. The van der Waals surface area contributed by atoms with Gasteiger partial charge in [0.15, 0.2) is 0 Å². The Morgan fingerprint density at radius 2 is 1.59 bits per heavy atom. The lowest BCUT2D eigenvalue weighted by Gasteiger charge is -2.23. The number of hydrogen-bond donors (Lipinski definition) is 1. The van der Waals surface area contributed by atoms with E-state index in [2.05, 4.69) is 0 Å². The smallest absolute Gasteiger partial charge is 0.410 e. The molecule has 0 aromatic heterocycles. The molecule has 1 heterocycles. The second-order valence-corrected chi connectivity index (χ2v) is 6.37. The molecule has 1 aliphatic heterocycles. The Kier molecular flexibility index (Phi) is 5.91. The summed E-state index contributed by atoms with van der Waals surface area (Å²) in [6, 6.07) is 0. The SMILES string of the molecule is CC(C)(C)OC(=O)N1CCCC1.CS(=O)(=O)O. The molecule has 1 rings (SSSR count). The maximum absolute atomic E-state index is 11.4. The first-order valence-electron chi connectivity index (χ1n) is 5.39. The Labute approximate surface area is 103 Å². The van der Waals surface area contributed by atoms with Crippen LogP contribution in [0.3, 0.4) is 0 Å². The fourth-order valence-corrected chi connectivity index (χ4v) is 1.23. The van der Waals surface area contributed by atoms with Gasteiger partial charge in [-0.2, -0.15) is 8.42 Å². The summed E-state index contributed by atoms with van der Waals surface area (Å²) < 4.78 is 31.1. The first-order valence-corrected chi connectivity index (χ1v) is 7.24. The fourth-order valence-electron chi connectivity index (χ4n) is 1.23. The second-order valence-electron chi connectivity index (χ2n) is 4.91. The lowest BCUT2D eigenvalue weighted by molar-refractivity contribution is 0.0295. The molecule has 17 heavy (non-hydrogen) atoms. The number of likely N-dealkylation sites (tertiary alicyclic amines) is 1. The van der Waals surface area contributed by atoms with Crippen LogP contribution < -0.4 is 0 Å². The van der Waals surface area contributed by atoms with Gasteiger partial charge in [-0.15, -0.1) is 0 Å². The number of carbonyl (C=O) groups excluding carboxylic acids is 1. The highest BCUT2D eigenvalue weighted by molar-refractivity contribution is 7.85. The van der Waals surface area contributed by atoms with Gasteiger partial charge in [-0.3, -0.25) is 4.55 Å². The first-order chi connectivity index (χ1) is 7.49. The standard InChI is InChI=1S/C9H17NO2.CH4O3S/c1-9(2,3)12-8(11)10-6-4-5-7-10;1-5(2,3)4/h4-7H2,1-3H3;1H3,(H,2,3,4). The van der Waals surface area contributed by atoms with Crippen LogP contribution in [0, 0.1) is 0 Å². The van der Waals surface area contributed by atoms with E-state index in [1.54, 1.807) is 4.90 Å². The number of rotatable bonds is 0. The average Bonchev–Trinajstić information content (AvgIpc) is 2.47. The number of ether oxygens (including phenoxy) is 1. The molecule has 0 atom stereocenters. The van der Waals surface area contributed by atoms with Crippen molar-refractivity contribution in [2.75, 3.05) is 19.3 Å². The third-order valence-electron chi connectivity index (χ3n) is 1.76. The van der Waals surface area contributed by atoms with Gasteiger partial charge in [-0.25, -0.2) is 4.79 Å². The zero-order valence-electron chi connectivity index (χ0n) is 10.8. The van der Waals surface area contributed by atoms with E-state index in [4.69, 9.17) is 9.29 Å². The van der Waals surface area contributed by atoms with Crippen LogP contribution in [0.5, 0.6) is 0 Å². The van der Waals surface area contributed by atoms with Crippen LogP contribution in [0.25, 0.3) is 0 Å². The third kappa shape index (κ3) is 11.4. The van der Waals surface area contributed by atoms with Gasteiger partial charge < -0.3 is 9.64 Å². The summed E-state index contributed by atoms with van der Waals surface area (Å²) in [5.74, 6) is 0. The summed E-state index contributed by atoms with van der Waals surface area (Å²) in [5.41, 5.74) is -0.361. The molecule has 7 heteroatoms. The Morgan fingerprint density at radius 3 is 1.88 bits per heavy atom. The summed E-state index contributed by atoms with van der Waals surface area (Å²) in [6.07, 6.45) is 2.77. The molecule has 1 aliphatic rings. The van der Waals surface area contributed by atoms with Gasteiger partial charge in [-0.05, 0) is 33.6 Å². The van der Waals surface area contributed by atoms with Gasteiger partial charge in [-0.1, -0.05) is 0 Å². The third-order valence-corrected chi connectivity index (χ3v) is 1.76. The predicted octanol–water partition coefficient (Wildman–Crippen LogP) is 1.52. The molecular formula is C10H21NO5S. The minimum Gasteiger partial charge on any atom is -0.444 e. The maximum atomic E-state index is 11.4. The molecule has 0 spiro atoms. The van der Waals surface area contributed by atoms with Crippen molar-refractivity contribution in [3.63, 3.8) is 0 Å². The van der Waals surface area contributed by atoms with E-state index in [-0.39, 0.29) is 11.7 Å². The summed E-state index contributed by atoms with van der Waals surface area (Å²) >= 11 is 0. The van der Waals surface area contributed by atoms with Crippen LogP contribution in [0.1, 0.15) is 33.6 Å². The Bertz CT molecular complexity index is 330. The van der Waals surface area contributed by atoms with E-state index in [9.17, 15) is 13.2 Å². The molecule has 1 N–H and O–H groups in total. The van der Waals surface area contributed by atoms with Crippen molar-refractivity contribution in [1.29, 1.82) is 0 Å². The number of hydrogen-bond acceptors (Lipinski definition) is 4. The summed E-state index contributed by atoms with van der Waals surface area (Å²) in [5, 5.41) is 0. The topological polar surface area (TPSA) is 83.9 Å². The van der Waals surface area contributed by atoms with Crippen molar-refractivity contribution in [3.8, 4) is 0 Å². The number of nitrogens with zero attached hydrogens (tertiary/aromatic N) is 1. The molecule has 1 amide bonds. The predicted molar refractivity (Wildman–Crippen MR) is 64.5 cm³/mol. The normalized spacial score (nSPS) is 16.2. The van der Waals surface area contributed by atoms with Gasteiger partial charge in [0.2, 0.25) is 0 Å². The molecule has 1 saturated heterocycles. The van der Waals surface area contributed by atoms with Gasteiger partial charge in [0.05, 0.1) is 6.26 Å². The van der Waals surface area contributed by atoms with Crippen LogP contribution >= 0.6 is 0 Å². The molecule has 1 fully saturated rings. The summed E-state index contributed by atoms with van der Waals surface area (Å²) in [6.45, 7) is 7.38. The van der Waals surface area contributed by atoms with Crippen LogP contribution in [0.2, 0.25) is 0 Å². The number of carbonyl (C=O) groups is 1. The van der Waals surface area contributed by atoms with E-state index in [1.807, 2.05) is 20.8 Å². The molecule has 0 radical (unpaired) electrons. The zero-order chi connectivity index (χ0) is 13.7. The van der Waals surface area contributed by atoms with Gasteiger partial charge in [0.25, 0.3) is 10.1 Å². The average molecular weight is 267 g/mol.